The van der Waals surface area contributed by atoms with Gasteiger partial charge in [0, 0.05) is 6.42 Å². The molecule has 0 amide bonds. The Hall–Kier alpha value is -1.50. The Morgan fingerprint density at radius 2 is 1.73 bits per heavy atom. The molecule has 122 valence electrons. The van der Waals surface area contributed by atoms with Crippen molar-refractivity contribution in [1.29, 1.82) is 0 Å². The summed E-state index contributed by atoms with van der Waals surface area (Å²) < 4.78 is 53.9. The summed E-state index contributed by atoms with van der Waals surface area (Å²) in [6, 6.07) is 4.31. The van der Waals surface area contributed by atoms with Crippen molar-refractivity contribution < 1.29 is 17.6 Å². The van der Waals surface area contributed by atoms with Gasteiger partial charge in [-0.15, -0.1) is 12.3 Å². The van der Waals surface area contributed by atoms with Gasteiger partial charge in [0.2, 0.25) is 0 Å². The lowest BCUT2D eigenvalue weighted by molar-refractivity contribution is -0.222. The van der Waals surface area contributed by atoms with Crippen molar-refractivity contribution in [3.05, 3.63) is 35.1 Å². The van der Waals surface area contributed by atoms with Gasteiger partial charge >= 0.3 is 6.18 Å². The number of hydrogen-bond donors (Lipinski definition) is 0. The maximum Gasteiger partial charge on any atom is 0.395 e. The van der Waals surface area contributed by atoms with Crippen molar-refractivity contribution >= 4 is 0 Å². The molecule has 1 aromatic rings. The number of rotatable bonds is 5. The Labute approximate surface area is 129 Å². The third-order valence-electron chi connectivity index (χ3n) is 4.19. The molecule has 0 aliphatic heterocycles. The van der Waals surface area contributed by atoms with Crippen LogP contribution in [-0.4, -0.2) is 6.18 Å². The monoisotopic (exact) mass is 314 g/mol. The molecule has 0 saturated carbocycles. The Morgan fingerprint density at radius 3 is 2.18 bits per heavy atom. The first kappa shape index (κ1) is 18.5. The van der Waals surface area contributed by atoms with Gasteiger partial charge in [-0.3, -0.25) is 0 Å². The minimum Gasteiger partial charge on any atom is -0.207 e. The van der Waals surface area contributed by atoms with Crippen LogP contribution in [0.1, 0.15) is 51.7 Å². The fraction of sp³-hybridized carbons (Fsp3) is 0.556. The lowest BCUT2D eigenvalue weighted by Crippen LogP contribution is -2.40. The molecule has 0 radical (unpaired) electrons. The fourth-order valence-corrected chi connectivity index (χ4v) is 3.05. The van der Waals surface area contributed by atoms with Crippen molar-refractivity contribution in [2.75, 3.05) is 0 Å². The van der Waals surface area contributed by atoms with Gasteiger partial charge in [0.25, 0.3) is 0 Å². The zero-order chi connectivity index (χ0) is 17.2. The summed E-state index contributed by atoms with van der Waals surface area (Å²) in [4.78, 5) is 0. The molecule has 0 bridgehead atoms. The summed E-state index contributed by atoms with van der Waals surface area (Å²) in [5.41, 5.74) is -1.36. The Morgan fingerprint density at radius 1 is 1.14 bits per heavy atom. The highest BCUT2D eigenvalue weighted by Gasteiger charge is 2.53. The van der Waals surface area contributed by atoms with Crippen LogP contribution in [0.3, 0.4) is 0 Å². The highest BCUT2D eigenvalue weighted by molar-refractivity contribution is 5.34. The van der Waals surface area contributed by atoms with Crippen LogP contribution in [0, 0.1) is 23.6 Å². The number of hydrogen-bond acceptors (Lipinski definition) is 0. The second-order valence-electron chi connectivity index (χ2n) is 6.66. The Kier molecular flexibility index (Phi) is 5.33. The third kappa shape index (κ3) is 3.82. The smallest absolute Gasteiger partial charge is 0.207 e. The molecule has 1 rings (SSSR count). The van der Waals surface area contributed by atoms with Crippen LogP contribution in [0.2, 0.25) is 0 Å². The van der Waals surface area contributed by atoms with E-state index in [9.17, 15) is 17.6 Å². The van der Waals surface area contributed by atoms with Crippen LogP contribution in [0.15, 0.2) is 18.2 Å². The van der Waals surface area contributed by atoms with Gasteiger partial charge in [0.05, 0.1) is 5.41 Å². The van der Waals surface area contributed by atoms with Gasteiger partial charge in [0.1, 0.15) is 5.82 Å². The van der Waals surface area contributed by atoms with Crippen LogP contribution >= 0.6 is 0 Å². The first-order valence-electron chi connectivity index (χ1n) is 7.26. The number of terminal acetylenes is 1. The van der Waals surface area contributed by atoms with Gasteiger partial charge in [-0.2, -0.15) is 13.2 Å². The van der Waals surface area contributed by atoms with E-state index in [2.05, 4.69) is 5.92 Å². The molecule has 0 aromatic heterocycles. The highest BCUT2D eigenvalue weighted by Crippen LogP contribution is 2.49. The second kappa shape index (κ2) is 6.32. The highest BCUT2D eigenvalue weighted by atomic mass is 19.4. The topological polar surface area (TPSA) is 0 Å². The molecule has 1 atom stereocenters. The summed E-state index contributed by atoms with van der Waals surface area (Å²) in [6.45, 7) is 6.46. The first-order valence-corrected chi connectivity index (χ1v) is 7.26. The molecule has 0 saturated heterocycles. The van der Waals surface area contributed by atoms with Crippen LogP contribution in [0.25, 0.3) is 0 Å². The summed E-state index contributed by atoms with van der Waals surface area (Å²) in [6.07, 6.45) is 0.786. The summed E-state index contributed by atoms with van der Waals surface area (Å²) in [7, 11) is 0. The van der Waals surface area contributed by atoms with E-state index in [0.29, 0.717) is 12.0 Å². The minimum absolute atomic E-state index is 0.190. The summed E-state index contributed by atoms with van der Waals surface area (Å²) >= 11 is 0. The molecule has 1 aromatic carbocycles. The number of alkyl halides is 3. The van der Waals surface area contributed by atoms with Gasteiger partial charge in [-0.1, -0.05) is 26.8 Å². The molecule has 1 unspecified atom stereocenters. The van der Waals surface area contributed by atoms with Crippen molar-refractivity contribution in [3.63, 3.8) is 0 Å². The van der Waals surface area contributed by atoms with Gasteiger partial charge in [-0.05, 0) is 48.4 Å². The molecule has 4 heteroatoms. The minimum atomic E-state index is -4.41. The van der Waals surface area contributed by atoms with E-state index in [1.165, 1.54) is 12.1 Å². The molecule has 0 N–H and O–H groups in total. The van der Waals surface area contributed by atoms with Gasteiger partial charge in [-0.25, -0.2) is 4.39 Å². The Balaban J connectivity index is 3.30. The predicted molar refractivity (Wildman–Crippen MR) is 81.0 cm³/mol. The molecule has 0 fully saturated rings. The van der Waals surface area contributed by atoms with Crippen LogP contribution in [0.5, 0.6) is 0 Å². The van der Waals surface area contributed by atoms with Crippen LogP contribution in [0.4, 0.5) is 17.6 Å². The first-order chi connectivity index (χ1) is 9.97. The average molecular weight is 314 g/mol. The quantitative estimate of drug-likeness (QED) is 0.487. The molecule has 22 heavy (non-hydrogen) atoms. The average Bonchev–Trinajstić information content (AvgIpc) is 2.37. The van der Waals surface area contributed by atoms with E-state index < -0.39 is 29.2 Å². The third-order valence-corrected chi connectivity index (χ3v) is 4.19. The molecular formula is C18H22F4. The normalized spacial score (nSPS) is 15.2. The van der Waals surface area contributed by atoms with E-state index in [-0.39, 0.29) is 6.42 Å². The standard InChI is InChI=1S/C18H22F4/c1-6-10-17(5,18(20,21)22)12-16(3,4)15-11-14(19)9-8-13(15)7-2/h1,8-9,11H,7,10,12H2,2-5H3. The lowest BCUT2D eigenvalue weighted by Gasteiger charge is -2.39. The van der Waals surface area contributed by atoms with Crippen molar-refractivity contribution in [2.24, 2.45) is 5.41 Å². The molecule has 0 heterocycles. The van der Waals surface area contributed by atoms with Crippen LogP contribution < -0.4 is 0 Å². The number of aryl methyl sites for hydroxylation is 1. The molecular weight excluding hydrogens is 292 g/mol. The summed E-state index contributed by atoms with van der Waals surface area (Å²) in [5.74, 6) is 1.70. The van der Waals surface area contributed by atoms with Crippen molar-refractivity contribution in [1.82, 2.24) is 0 Å². The van der Waals surface area contributed by atoms with E-state index in [1.807, 2.05) is 6.92 Å². The SMILES string of the molecule is C#CCC(C)(CC(C)(C)c1cc(F)ccc1CC)C(F)(F)F. The molecule has 0 aliphatic carbocycles. The maximum atomic E-state index is 13.6. The second-order valence-corrected chi connectivity index (χ2v) is 6.66. The maximum absolute atomic E-state index is 13.6. The van der Waals surface area contributed by atoms with E-state index in [1.54, 1.807) is 19.9 Å². The van der Waals surface area contributed by atoms with E-state index in [4.69, 9.17) is 6.42 Å². The molecule has 0 spiro atoms. The largest absolute Gasteiger partial charge is 0.395 e. The van der Waals surface area contributed by atoms with E-state index >= 15 is 0 Å². The Bertz CT molecular complexity index is 563. The molecule has 0 aliphatic rings. The molecule has 0 nitrogen and oxygen atoms in total. The van der Waals surface area contributed by atoms with Crippen LogP contribution in [-0.2, 0) is 11.8 Å². The zero-order valence-corrected chi connectivity index (χ0v) is 13.4. The number of benzene rings is 1. The lowest BCUT2D eigenvalue weighted by atomic mass is 9.67. The van der Waals surface area contributed by atoms with E-state index in [0.717, 1.165) is 12.5 Å². The fourth-order valence-electron chi connectivity index (χ4n) is 3.05. The summed E-state index contributed by atoms with van der Waals surface area (Å²) in [5, 5.41) is 0. The number of halogens is 4. The predicted octanol–water partition coefficient (Wildman–Crippen LogP) is 5.65. The zero-order valence-electron chi connectivity index (χ0n) is 13.4. The van der Waals surface area contributed by atoms with Gasteiger partial charge in [0.15, 0.2) is 0 Å². The van der Waals surface area contributed by atoms with Crippen molar-refractivity contribution in [3.8, 4) is 12.3 Å². The van der Waals surface area contributed by atoms with Crippen molar-refractivity contribution in [2.45, 2.75) is 58.5 Å². The van der Waals surface area contributed by atoms with Gasteiger partial charge < -0.3 is 0 Å².